The molecule has 0 aromatic heterocycles. The van der Waals surface area contributed by atoms with E-state index < -0.39 is 0 Å². The van der Waals surface area contributed by atoms with E-state index >= 15 is 0 Å². The quantitative estimate of drug-likeness (QED) is 0.787. The molecule has 1 aromatic carbocycles. The van der Waals surface area contributed by atoms with E-state index in [0.717, 1.165) is 18.4 Å². The van der Waals surface area contributed by atoms with Crippen molar-refractivity contribution in [1.29, 1.82) is 0 Å². The van der Waals surface area contributed by atoms with Crippen LogP contribution in [0.1, 0.15) is 44.1 Å². The minimum Gasteiger partial charge on any atom is -0.329 e. The fraction of sp³-hybridized carbons (Fsp3) is 0.667. The average molecular weight is 272 g/mol. The van der Waals surface area contributed by atoms with Gasteiger partial charge in [-0.1, -0.05) is 37.3 Å². The van der Waals surface area contributed by atoms with Gasteiger partial charge in [0.2, 0.25) is 0 Å². The van der Waals surface area contributed by atoms with Crippen molar-refractivity contribution in [2.24, 2.45) is 17.6 Å². The Morgan fingerprint density at radius 3 is 2.05 bits per heavy atom. The van der Waals surface area contributed by atoms with Gasteiger partial charge in [0.1, 0.15) is 0 Å². The van der Waals surface area contributed by atoms with Crippen LogP contribution in [0.3, 0.4) is 0 Å². The summed E-state index contributed by atoms with van der Waals surface area (Å²) in [6.07, 6.45) is 5.71. The lowest BCUT2D eigenvalue weighted by atomic mass is 9.91. The van der Waals surface area contributed by atoms with Gasteiger partial charge in [-0.15, -0.1) is 0 Å². The number of nitrogens with two attached hydrogens (primary N) is 1. The molecule has 0 bridgehead atoms. The molecule has 3 rings (SSSR count). The maximum atomic E-state index is 6.16. The monoisotopic (exact) mass is 272 g/mol. The third-order valence-electron chi connectivity index (χ3n) is 4.99. The fourth-order valence-electron chi connectivity index (χ4n) is 3.26. The lowest BCUT2D eigenvalue weighted by molar-refractivity contribution is 0.164. The molecule has 2 unspecified atom stereocenters. The number of nitrogens with zero attached hydrogens (tertiary/aromatic N) is 1. The van der Waals surface area contributed by atoms with Gasteiger partial charge in [0.05, 0.1) is 0 Å². The Labute approximate surface area is 123 Å². The minimum absolute atomic E-state index is 0.499. The summed E-state index contributed by atoms with van der Waals surface area (Å²) >= 11 is 0. The van der Waals surface area contributed by atoms with Crippen molar-refractivity contribution in [3.8, 4) is 0 Å². The Hall–Kier alpha value is -0.860. The molecule has 2 nitrogen and oxygen atoms in total. The lowest BCUT2D eigenvalue weighted by Crippen LogP contribution is -2.46. The molecule has 0 amide bonds. The van der Waals surface area contributed by atoms with Crippen LogP contribution in [0, 0.1) is 11.8 Å². The van der Waals surface area contributed by atoms with Gasteiger partial charge in [0.15, 0.2) is 0 Å². The number of rotatable bonds is 8. The van der Waals surface area contributed by atoms with Crippen LogP contribution in [0.4, 0.5) is 0 Å². The highest BCUT2D eigenvalue weighted by Gasteiger charge is 2.34. The molecule has 2 fully saturated rings. The summed E-state index contributed by atoms with van der Waals surface area (Å²) in [4.78, 5) is 2.72. The Balaban J connectivity index is 1.70. The largest absolute Gasteiger partial charge is 0.329 e. The van der Waals surface area contributed by atoms with Crippen molar-refractivity contribution < 1.29 is 0 Å². The van der Waals surface area contributed by atoms with Gasteiger partial charge in [-0.3, -0.25) is 4.90 Å². The van der Waals surface area contributed by atoms with Gasteiger partial charge in [0.25, 0.3) is 0 Å². The normalized spacial score (nSPS) is 21.9. The van der Waals surface area contributed by atoms with Crippen molar-refractivity contribution in [2.45, 2.75) is 44.6 Å². The molecular formula is C18H28N2. The van der Waals surface area contributed by atoms with Crippen molar-refractivity contribution in [2.75, 3.05) is 19.6 Å². The number of hydrogen-bond acceptors (Lipinski definition) is 2. The Morgan fingerprint density at radius 2 is 1.60 bits per heavy atom. The molecule has 110 valence electrons. The second-order valence-electron chi connectivity index (χ2n) is 6.84. The molecule has 20 heavy (non-hydrogen) atoms. The molecule has 2 atom stereocenters. The highest BCUT2D eigenvalue weighted by Crippen LogP contribution is 2.36. The highest BCUT2D eigenvalue weighted by molar-refractivity contribution is 5.20. The average Bonchev–Trinajstić information content (AvgIpc) is 3.36. The van der Waals surface area contributed by atoms with Crippen molar-refractivity contribution in [3.63, 3.8) is 0 Å². The van der Waals surface area contributed by atoms with Crippen molar-refractivity contribution in [3.05, 3.63) is 35.9 Å². The lowest BCUT2D eigenvalue weighted by Gasteiger charge is -2.35. The van der Waals surface area contributed by atoms with Gasteiger partial charge >= 0.3 is 0 Å². The summed E-state index contributed by atoms with van der Waals surface area (Å²) in [7, 11) is 0. The number of hydrogen-bond donors (Lipinski definition) is 1. The standard InChI is InChI=1S/C18H28N2/c1-14(17-5-3-2-4-6-17)18(11-19)20(12-15-7-8-15)13-16-9-10-16/h2-6,14-16,18H,7-13,19H2,1H3. The summed E-state index contributed by atoms with van der Waals surface area (Å²) in [6, 6.07) is 11.4. The van der Waals surface area contributed by atoms with E-state index in [1.54, 1.807) is 0 Å². The molecule has 2 saturated carbocycles. The molecule has 0 spiro atoms. The highest BCUT2D eigenvalue weighted by atomic mass is 15.2. The van der Waals surface area contributed by atoms with Crippen molar-refractivity contribution in [1.82, 2.24) is 4.90 Å². The van der Waals surface area contributed by atoms with Crippen LogP contribution in [0.25, 0.3) is 0 Å². The first-order chi connectivity index (χ1) is 9.78. The first kappa shape index (κ1) is 14.1. The smallest absolute Gasteiger partial charge is 0.0284 e. The van der Waals surface area contributed by atoms with Crippen LogP contribution in [-0.2, 0) is 0 Å². The van der Waals surface area contributed by atoms with Crippen LogP contribution >= 0.6 is 0 Å². The molecular weight excluding hydrogens is 244 g/mol. The van der Waals surface area contributed by atoms with E-state index in [0.29, 0.717) is 12.0 Å². The molecule has 2 N–H and O–H groups in total. The predicted molar refractivity (Wildman–Crippen MR) is 84.7 cm³/mol. The second kappa shape index (κ2) is 6.28. The maximum absolute atomic E-state index is 6.16. The zero-order chi connectivity index (χ0) is 13.9. The van der Waals surface area contributed by atoms with Gasteiger partial charge in [-0.2, -0.15) is 0 Å². The summed E-state index contributed by atoms with van der Waals surface area (Å²) in [6.45, 7) is 5.67. The molecule has 2 heteroatoms. The van der Waals surface area contributed by atoms with Gasteiger partial charge in [0, 0.05) is 25.7 Å². The molecule has 0 aliphatic heterocycles. The third-order valence-corrected chi connectivity index (χ3v) is 4.99. The molecule has 1 aromatic rings. The van der Waals surface area contributed by atoms with E-state index in [2.05, 4.69) is 42.2 Å². The first-order valence-electron chi connectivity index (χ1n) is 8.27. The topological polar surface area (TPSA) is 29.3 Å². The Kier molecular flexibility index (Phi) is 4.42. The summed E-state index contributed by atoms with van der Waals surface area (Å²) in [5.74, 6) is 2.43. The van der Waals surface area contributed by atoms with Crippen LogP contribution in [-0.4, -0.2) is 30.6 Å². The van der Waals surface area contributed by atoms with E-state index in [1.807, 2.05) is 0 Å². The van der Waals surface area contributed by atoms with Crippen LogP contribution in [0.15, 0.2) is 30.3 Å². The fourth-order valence-corrected chi connectivity index (χ4v) is 3.26. The number of benzene rings is 1. The maximum Gasteiger partial charge on any atom is 0.0284 e. The molecule has 0 saturated heterocycles. The zero-order valence-electron chi connectivity index (χ0n) is 12.7. The van der Waals surface area contributed by atoms with E-state index in [1.165, 1.54) is 44.3 Å². The summed E-state index contributed by atoms with van der Waals surface area (Å²) in [5.41, 5.74) is 7.59. The zero-order valence-corrected chi connectivity index (χ0v) is 12.7. The summed E-state index contributed by atoms with van der Waals surface area (Å²) in [5, 5.41) is 0. The Bertz CT molecular complexity index is 395. The van der Waals surface area contributed by atoms with Gasteiger partial charge < -0.3 is 5.73 Å². The molecule has 2 aliphatic carbocycles. The summed E-state index contributed by atoms with van der Waals surface area (Å²) < 4.78 is 0. The second-order valence-corrected chi connectivity index (χ2v) is 6.84. The van der Waals surface area contributed by atoms with E-state index in [-0.39, 0.29) is 0 Å². The van der Waals surface area contributed by atoms with Gasteiger partial charge in [-0.05, 0) is 49.0 Å². The van der Waals surface area contributed by atoms with E-state index in [4.69, 9.17) is 5.73 Å². The third kappa shape index (κ3) is 3.62. The van der Waals surface area contributed by atoms with Crippen LogP contribution in [0.2, 0.25) is 0 Å². The van der Waals surface area contributed by atoms with Crippen molar-refractivity contribution >= 4 is 0 Å². The first-order valence-corrected chi connectivity index (χ1v) is 8.27. The van der Waals surface area contributed by atoms with Gasteiger partial charge in [-0.25, -0.2) is 0 Å². The van der Waals surface area contributed by atoms with Crippen LogP contribution < -0.4 is 5.73 Å². The van der Waals surface area contributed by atoms with E-state index in [9.17, 15) is 0 Å². The predicted octanol–water partition coefficient (Wildman–Crippen LogP) is 3.24. The minimum atomic E-state index is 0.499. The Morgan fingerprint density at radius 1 is 1.05 bits per heavy atom. The SMILES string of the molecule is CC(c1ccccc1)C(CN)N(CC1CC1)CC1CC1. The molecule has 0 radical (unpaired) electrons. The molecule has 0 heterocycles. The van der Waals surface area contributed by atoms with Crippen LogP contribution in [0.5, 0.6) is 0 Å². The molecule has 2 aliphatic rings.